The summed E-state index contributed by atoms with van der Waals surface area (Å²) in [7, 11) is 0. The average molecular weight is 381 g/mol. The zero-order valence-corrected chi connectivity index (χ0v) is 14.3. The molecule has 1 aliphatic rings. The van der Waals surface area contributed by atoms with Crippen LogP contribution in [-0.2, 0) is 11.3 Å². The number of carbonyl (C=O) groups is 1. The molecule has 0 saturated heterocycles. The summed E-state index contributed by atoms with van der Waals surface area (Å²) in [5.74, 6) is 0.264. The summed E-state index contributed by atoms with van der Waals surface area (Å²) < 4.78 is 26.1. The van der Waals surface area contributed by atoms with E-state index in [2.05, 4.69) is 15.4 Å². The van der Waals surface area contributed by atoms with Gasteiger partial charge in [0.05, 0.1) is 5.52 Å². The highest BCUT2D eigenvalue weighted by Crippen LogP contribution is 2.34. The molecular formula is C18H12FN5O4. The van der Waals surface area contributed by atoms with Crippen molar-refractivity contribution < 1.29 is 18.7 Å². The number of aromatic nitrogens is 4. The molecule has 1 amide bonds. The third-order valence-electron chi connectivity index (χ3n) is 4.33. The number of anilines is 1. The van der Waals surface area contributed by atoms with Crippen LogP contribution in [0, 0.1) is 5.82 Å². The van der Waals surface area contributed by atoms with Gasteiger partial charge in [0.15, 0.2) is 17.1 Å². The lowest BCUT2D eigenvalue weighted by molar-refractivity contribution is -0.117. The summed E-state index contributed by atoms with van der Waals surface area (Å²) in [5.41, 5.74) is 0.656. The van der Waals surface area contributed by atoms with E-state index in [0.29, 0.717) is 33.7 Å². The number of amides is 1. The highest BCUT2D eigenvalue weighted by molar-refractivity contribution is 5.92. The van der Waals surface area contributed by atoms with Crippen LogP contribution < -0.4 is 20.5 Å². The van der Waals surface area contributed by atoms with Gasteiger partial charge in [0.2, 0.25) is 12.7 Å². The molecule has 4 aromatic rings. The molecule has 2 aromatic heterocycles. The molecule has 28 heavy (non-hydrogen) atoms. The second kappa shape index (κ2) is 6.05. The average Bonchev–Trinajstić information content (AvgIpc) is 3.26. The van der Waals surface area contributed by atoms with E-state index in [9.17, 15) is 14.0 Å². The van der Waals surface area contributed by atoms with Crippen molar-refractivity contribution in [1.82, 2.24) is 19.2 Å². The van der Waals surface area contributed by atoms with E-state index in [1.165, 1.54) is 28.9 Å². The Bertz CT molecular complexity index is 1310. The number of fused-ring (bicyclic) bond motifs is 4. The third kappa shape index (κ3) is 2.62. The number of halogens is 1. The smallest absolute Gasteiger partial charge is 0.352 e. The standard InChI is InChI=1S/C18H12FN5O4/c19-10-1-3-12-13(5-10)20-8-23-17(12)22-24(18(23)26)7-16(25)21-11-2-4-14-15(6-11)28-9-27-14/h1-6,8H,7,9H2,(H,21,25). The first kappa shape index (κ1) is 16.2. The van der Waals surface area contributed by atoms with Crippen molar-refractivity contribution in [2.45, 2.75) is 6.54 Å². The number of rotatable bonds is 3. The lowest BCUT2D eigenvalue weighted by Gasteiger charge is -2.05. The van der Waals surface area contributed by atoms with Crippen LogP contribution in [0.1, 0.15) is 0 Å². The molecule has 9 nitrogen and oxygen atoms in total. The molecule has 5 rings (SSSR count). The van der Waals surface area contributed by atoms with Crippen LogP contribution in [0.4, 0.5) is 10.1 Å². The summed E-state index contributed by atoms with van der Waals surface area (Å²) in [6, 6.07) is 9.01. The van der Waals surface area contributed by atoms with Gasteiger partial charge < -0.3 is 14.8 Å². The molecule has 1 N–H and O–H groups in total. The molecule has 1 aliphatic heterocycles. The predicted octanol–water partition coefficient (Wildman–Crippen LogP) is 1.55. The van der Waals surface area contributed by atoms with Crippen molar-refractivity contribution in [2.75, 3.05) is 12.1 Å². The van der Waals surface area contributed by atoms with Gasteiger partial charge >= 0.3 is 5.69 Å². The van der Waals surface area contributed by atoms with E-state index < -0.39 is 17.4 Å². The largest absolute Gasteiger partial charge is 0.454 e. The lowest BCUT2D eigenvalue weighted by atomic mass is 10.2. The van der Waals surface area contributed by atoms with Gasteiger partial charge in [0.25, 0.3) is 0 Å². The first-order valence-electron chi connectivity index (χ1n) is 8.31. The number of benzene rings is 2. The van der Waals surface area contributed by atoms with Crippen LogP contribution in [0.5, 0.6) is 11.5 Å². The van der Waals surface area contributed by atoms with Crippen LogP contribution in [0.15, 0.2) is 47.5 Å². The predicted molar refractivity (Wildman–Crippen MR) is 95.9 cm³/mol. The first-order chi connectivity index (χ1) is 13.6. The highest BCUT2D eigenvalue weighted by Gasteiger charge is 2.16. The van der Waals surface area contributed by atoms with Crippen molar-refractivity contribution in [3.63, 3.8) is 0 Å². The van der Waals surface area contributed by atoms with Crippen molar-refractivity contribution in [3.8, 4) is 11.5 Å². The van der Waals surface area contributed by atoms with E-state index in [0.717, 1.165) is 4.68 Å². The second-order valence-electron chi connectivity index (χ2n) is 6.16. The molecule has 0 saturated carbocycles. The summed E-state index contributed by atoms with van der Waals surface area (Å²) >= 11 is 0. The maximum absolute atomic E-state index is 13.4. The molecule has 0 aliphatic carbocycles. The fraction of sp³-hybridized carbons (Fsp3) is 0.111. The van der Waals surface area contributed by atoms with Crippen LogP contribution in [0.3, 0.4) is 0 Å². The quantitative estimate of drug-likeness (QED) is 0.578. The summed E-state index contributed by atoms with van der Waals surface area (Å²) in [5, 5.41) is 7.41. The van der Waals surface area contributed by atoms with Crippen LogP contribution >= 0.6 is 0 Å². The molecule has 10 heteroatoms. The Kier molecular flexibility index (Phi) is 3.51. The van der Waals surface area contributed by atoms with Gasteiger partial charge in [-0.2, -0.15) is 0 Å². The van der Waals surface area contributed by atoms with Gasteiger partial charge in [0, 0.05) is 23.2 Å². The van der Waals surface area contributed by atoms with Crippen LogP contribution in [-0.4, -0.2) is 31.9 Å². The van der Waals surface area contributed by atoms with Gasteiger partial charge in [-0.15, -0.1) is 5.10 Å². The zero-order valence-electron chi connectivity index (χ0n) is 14.3. The molecule has 140 valence electrons. The monoisotopic (exact) mass is 381 g/mol. The second-order valence-corrected chi connectivity index (χ2v) is 6.16. The van der Waals surface area contributed by atoms with Crippen molar-refractivity contribution in [1.29, 1.82) is 0 Å². The van der Waals surface area contributed by atoms with E-state index in [1.54, 1.807) is 18.2 Å². The Morgan fingerprint density at radius 3 is 2.93 bits per heavy atom. The van der Waals surface area contributed by atoms with Gasteiger partial charge in [-0.25, -0.2) is 23.3 Å². The Morgan fingerprint density at radius 1 is 1.18 bits per heavy atom. The van der Waals surface area contributed by atoms with Crippen LogP contribution in [0.2, 0.25) is 0 Å². The molecule has 3 heterocycles. The molecule has 0 bridgehead atoms. The molecule has 0 atom stereocenters. The van der Waals surface area contributed by atoms with Crippen molar-refractivity contribution in [3.05, 3.63) is 59.0 Å². The van der Waals surface area contributed by atoms with E-state index >= 15 is 0 Å². The Hall–Kier alpha value is -3.95. The van der Waals surface area contributed by atoms with Gasteiger partial charge in [-0.05, 0) is 24.3 Å². The maximum atomic E-state index is 13.4. The minimum absolute atomic E-state index is 0.134. The third-order valence-corrected chi connectivity index (χ3v) is 4.33. The minimum atomic E-state index is -0.519. The number of hydrogen-bond donors (Lipinski definition) is 1. The van der Waals surface area contributed by atoms with Crippen molar-refractivity contribution >= 4 is 28.1 Å². The zero-order chi connectivity index (χ0) is 19.3. The number of hydrogen-bond acceptors (Lipinski definition) is 6. The highest BCUT2D eigenvalue weighted by atomic mass is 19.1. The van der Waals surface area contributed by atoms with E-state index in [1.807, 2.05) is 0 Å². The van der Waals surface area contributed by atoms with Crippen molar-refractivity contribution in [2.24, 2.45) is 0 Å². The number of nitrogens with zero attached hydrogens (tertiary/aromatic N) is 4. The summed E-state index contributed by atoms with van der Waals surface area (Å²) in [6.07, 6.45) is 1.26. The van der Waals surface area contributed by atoms with Gasteiger partial charge in [0.1, 0.15) is 18.7 Å². The van der Waals surface area contributed by atoms with Gasteiger partial charge in [-0.1, -0.05) is 0 Å². The molecule has 2 aromatic carbocycles. The van der Waals surface area contributed by atoms with E-state index in [4.69, 9.17) is 9.47 Å². The maximum Gasteiger partial charge on any atom is 0.352 e. The van der Waals surface area contributed by atoms with Crippen LogP contribution in [0.25, 0.3) is 16.6 Å². The minimum Gasteiger partial charge on any atom is -0.454 e. The SMILES string of the molecule is O=C(Cn1nc2c3ccc(F)cc3ncn2c1=O)Nc1ccc2c(c1)OCO2. The molecule has 0 fully saturated rings. The summed E-state index contributed by atoms with van der Waals surface area (Å²) in [4.78, 5) is 28.9. The lowest BCUT2D eigenvalue weighted by Crippen LogP contribution is -2.28. The number of ether oxygens (including phenoxy) is 2. The Labute approximate surface area is 155 Å². The molecule has 0 unspecified atom stereocenters. The molecule has 0 spiro atoms. The normalized spacial score (nSPS) is 12.6. The summed E-state index contributed by atoms with van der Waals surface area (Å²) in [6.45, 7) is -0.160. The number of carbonyl (C=O) groups excluding carboxylic acids is 1. The molecular weight excluding hydrogens is 369 g/mol. The topological polar surface area (TPSA) is 99.8 Å². The fourth-order valence-corrected chi connectivity index (χ4v) is 3.04. The Morgan fingerprint density at radius 2 is 2.04 bits per heavy atom. The first-order valence-corrected chi connectivity index (χ1v) is 8.31. The fourth-order valence-electron chi connectivity index (χ4n) is 3.04. The van der Waals surface area contributed by atoms with E-state index in [-0.39, 0.29) is 13.3 Å². The van der Waals surface area contributed by atoms with Gasteiger partial charge in [-0.3, -0.25) is 4.79 Å². The number of nitrogens with one attached hydrogen (secondary N) is 1. The Balaban J connectivity index is 1.44. The molecule has 0 radical (unpaired) electrons.